The number of benzene rings is 1. The highest BCUT2D eigenvalue weighted by molar-refractivity contribution is 5.73. The van der Waals surface area contributed by atoms with Gasteiger partial charge in [-0.3, -0.25) is 9.78 Å². The van der Waals surface area contributed by atoms with Crippen LogP contribution in [0.1, 0.15) is 69.4 Å². The molecule has 2 fully saturated rings. The van der Waals surface area contributed by atoms with Gasteiger partial charge in [0.1, 0.15) is 11.6 Å². The van der Waals surface area contributed by atoms with Crippen LogP contribution in [0.3, 0.4) is 0 Å². The van der Waals surface area contributed by atoms with Gasteiger partial charge in [0.2, 0.25) is 11.9 Å². The smallest absolute Gasteiger partial charge is 0.229 e. The van der Waals surface area contributed by atoms with E-state index in [-0.39, 0.29) is 41.1 Å². The Balaban J connectivity index is 1.30. The van der Waals surface area contributed by atoms with Crippen LogP contribution in [0, 0.1) is 17.6 Å². The number of carbonyl (C=O) groups is 1. The van der Waals surface area contributed by atoms with Crippen molar-refractivity contribution < 1.29 is 18.3 Å². The van der Waals surface area contributed by atoms with Gasteiger partial charge in [-0.1, -0.05) is 19.8 Å². The van der Waals surface area contributed by atoms with Gasteiger partial charge in [0.15, 0.2) is 0 Å². The summed E-state index contributed by atoms with van der Waals surface area (Å²) in [6.45, 7) is 3.61. The van der Waals surface area contributed by atoms with E-state index in [1.807, 2.05) is 6.07 Å². The number of rotatable bonds is 7. The number of nitrogens with two attached hydrogens (primary N) is 1. The molecule has 2 aliphatic rings. The number of hydrogen-bond donors (Lipinski definition) is 3. The lowest BCUT2D eigenvalue weighted by molar-refractivity contribution is -0.120. The number of methoxy groups -OCH3 is 1. The molecule has 2 aliphatic carbocycles. The van der Waals surface area contributed by atoms with Gasteiger partial charge in [0.05, 0.1) is 40.5 Å². The first-order valence-electron chi connectivity index (χ1n) is 14.8. The molecule has 0 spiro atoms. The summed E-state index contributed by atoms with van der Waals surface area (Å²) in [6.07, 6.45) is 10.0. The Labute approximate surface area is 249 Å². The molecular formula is C32H37F2N7O2. The molecule has 226 valence electrons. The Morgan fingerprint density at radius 2 is 1.86 bits per heavy atom. The van der Waals surface area contributed by atoms with E-state index < -0.39 is 17.2 Å². The molecule has 0 saturated heterocycles. The molecule has 9 nitrogen and oxygen atoms in total. The zero-order valence-corrected chi connectivity index (χ0v) is 24.6. The van der Waals surface area contributed by atoms with E-state index >= 15 is 8.78 Å². The van der Waals surface area contributed by atoms with E-state index in [0.717, 1.165) is 43.4 Å². The van der Waals surface area contributed by atoms with Crippen molar-refractivity contribution in [3.8, 4) is 11.3 Å². The highest BCUT2D eigenvalue weighted by Gasteiger charge is 2.37. The molecule has 1 amide bonds. The molecule has 3 aromatic heterocycles. The summed E-state index contributed by atoms with van der Waals surface area (Å²) in [4.78, 5) is 20.5. The molecular weight excluding hydrogens is 552 g/mol. The molecule has 0 bridgehead atoms. The van der Waals surface area contributed by atoms with Gasteiger partial charge >= 0.3 is 0 Å². The number of ether oxygens (including phenoxy) is 1. The lowest BCUT2D eigenvalue weighted by Crippen LogP contribution is -2.54. The topological polar surface area (TPSA) is 119 Å². The second-order valence-electron chi connectivity index (χ2n) is 12.0. The van der Waals surface area contributed by atoms with Crippen molar-refractivity contribution in [3.05, 3.63) is 71.7 Å². The minimum Gasteiger partial charge on any atom is -0.374 e. The van der Waals surface area contributed by atoms with E-state index in [1.165, 1.54) is 23.6 Å². The fourth-order valence-corrected chi connectivity index (χ4v) is 7.05. The molecule has 6 rings (SSSR count). The fraction of sp³-hybridized carbons (Fsp3) is 0.438. The SMILES string of the molecule is COC1(c2cc(F)c(-c3ccc4cnc(Nc5cnccc5C5CC(C)C(NC(C)=O)C(N)C5)n4n3)c(F)c2)CCCC1. The van der Waals surface area contributed by atoms with E-state index in [0.29, 0.717) is 23.4 Å². The van der Waals surface area contributed by atoms with E-state index in [2.05, 4.69) is 32.6 Å². The average Bonchev–Trinajstić information content (AvgIpc) is 3.63. The van der Waals surface area contributed by atoms with Crippen LogP contribution in [0.25, 0.3) is 16.8 Å². The van der Waals surface area contributed by atoms with Crippen LogP contribution in [-0.2, 0) is 15.1 Å². The van der Waals surface area contributed by atoms with Crippen molar-refractivity contribution in [2.75, 3.05) is 12.4 Å². The minimum absolute atomic E-state index is 0.0843. The summed E-state index contributed by atoms with van der Waals surface area (Å²) in [5.74, 6) is -0.758. The van der Waals surface area contributed by atoms with E-state index in [1.54, 1.807) is 37.8 Å². The van der Waals surface area contributed by atoms with Gasteiger partial charge in [-0.15, -0.1) is 0 Å². The third-order valence-electron chi connectivity index (χ3n) is 9.21. The lowest BCUT2D eigenvalue weighted by Gasteiger charge is -2.39. The number of aromatic nitrogens is 4. The monoisotopic (exact) mass is 589 g/mol. The van der Waals surface area contributed by atoms with E-state index in [9.17, 15) is 4.79 Å². The molecule has 11 heteroatoms. The van der Waals surface area contributed by atoms with Crippen LogP contribution in [0.5, 0.6) is 0 Å². The van der Waals surface area contributed by atoms with Crippen molar-refractivity contribution in [3.63, 3.8) is 0 Å². The van der Waals surface area contributed by atoms with Crippen LogP contribution in [0.2, 0.25) is 0 Å². The van der Waals surface area contributed by atoms with Crippen LogP contribution >= 0.6 is 0 Å². The number of nitrogens with one attached hydrogen (secondary N) is 2. The zero-order valence-electron chi connectivity index (χ0n) is 24.6. The maximum Gasteiger partial charge on any atom is 0.229 e. The first-order valence-corrected chi connectivity index (χ1v) is 14.8. The number of anilines is 2. The second-order valence-corrected chi connectivity index (χ2v) is 12.0. The second kappa shape index (κ2) is 11.6. The molecule has 2 saturated carbocycles. The van der Waals surface area contributed by atoms with Crippen molar-refractivity contribution in [1.82, 2.24) is 24.9 Å². The Bertz CT molecular complexity index is 1620. The maximum absolute atomic E-state index is 15.5. The predicted octanol–water partition coefficient (Wildman–Crippen LogP) is 5.57. The first-order chi connectivity index (χ1) is 20.7. The van der Waals surface area contributed by atoms with Crippen molar-refractivity contribution in [1.29, 1.82) is 0 Å². The van der Waals surface area contributed by atoms with Crippen LogP contribution in [-0.4, -0.2) is 44.7 Å². The number of carbonyl (C=O) groups excluding carboxylic acids is 1. The standard InChI is InChI=1S/C32H37F2N7O2/c1-18-12-20(13-26(35)30(18)38-19(2)42)23-8-11-36-17-28(23)39-31-37-16-22-6-7-27(40-41(22)31)29-24(33)14-21(15-25(29)34)32(43-3)9-4-5-10-32/h6-8,11,14-18,20,26,30H,4-5,9-10,12-13,35H2,1-3H3,(H,37,39)(H,38,42). The van der Waals surface area contributed by atoms with Crippen LogP contribution < -0.4 is 16.4 Å². The number of fused-ring (bicyclic) bond motifs is 1. The summed E-state index contributed by atoms with van der Waals surface area (Å²) in [5.41, 5.74) is 8.75. The Morgan fingerprint density at radius 1 is 1.12 bits per heavy atom. The van der Waals surface area contributed by atoms with Gasteiger partial charge in [-0.05, 0) is 79.0 Å². The predicted molar refractivity (Wildman–Crippen MR) is 160 cm³/mol. The van der Waals surface area contributed by atoms with E-state index in [4.69, 9.17) is 10.5 Å². The van der Waals surface area contributed by atoms with Gasteiger partial charge in [-0.2, -0.15) is 9.61 Å². The third-order valence-corrected chi connectivity index (χ3v) is 9.21. The molecule has 0 radical (unpaired) electrons. The highest BCUT2D eigenvalue weighted by atomic mass is 19.1. The molecule has 3 heterocycles. The zero-order chi connectivity index (χ0) is 30.3. The number of amides is 1. The van der Waals surface area contributed by atoms with Crippen molar-refractivity contribution >= 4 is 23.1 Å². The summed E-state index contributed by atoms with van der Waals surface area (Å²) in [7, 11) is 1.59. The van der Waals surface area contributed by atoms with Gasteiger partial charge in [0.25, 0.3) is 0 Å². The molecule has 4 N–H and O–H groups in total. The quantitative estimate of drug-likeness (QED) is 0.258. The molecule has 4 atom stereocenters. The van der Waals surface area contributed by atoms with Gasteiger partial charge in [0, 0.05) is 32.3 Å². The summed E-state index contributed by atoms with van der Waals surface area (Å²) in [5, 5.41) is 10.9. The number of pyridine rings is 1. The van der Waals surface area contributed by atoms with Gasteiger partial charge < -0.3 is 21.1 Å². The minimum atomic E-state index is -0.685. The number of imidazole rings is 1. The van der Waals surface area contributed by atoms with Crippen LogP contribution in [0.15, 0.2) is 48.9 Å². The largest absolute Gasteiger partial charge is 0.374 e. The van der Waals surface area contributed by atoms with Crippen molar-refractivity contribution in [2.24, 2.45) is 11.7 Å². The first kappa shape index (κ1) is 29.1. The maximum atomic E-state index is 15.5. The molecule has 4 unspecified atom stereocenters. The Kier molecular flexibility index (Phi) is 7.87. The highest BCUT2D eigenvalue weighted by Crippen LogP contribution is 2.43. The van der Waals surface area contributed by atoms with Gasteiger partial charge in [-0.25, -0.2) is 13.8 Å². The fourth-order valence-electron chi connectivity index (χ4n) is 7.05. The molecule has 1 aromatic carbocycles. The van der Waals surface area contributed by atoms with Crippen LogP contribution in [0.4, 0.5) is 20.4 Å². The number of hydrogen-bond acceptors (Lipinski definition) is 7. The Hall–Kier alpha value is -3.96. The number of halogens is 2. The molecule has 0 aliphatic heterocycles. The number of nitrogens with zero attached hydrogens (tertiary/aromatic N) is 4. The normalized spacial score (nSPS) is 23.4. The summed E-state index contributed by atoms with van der Waals surface area (Å²) in [6, 6.07) is 7.76. The summed E-state index contributed by atoms with van der Waals surface area (Å²) >= 11 is 0. The molecule has 43 heavy (non-hydrogen) atoms. The lowest BCUT2D eigenvalue weighted by atomic mass is 9.73. The summed E-state index contributed by atoms with van der Waals surface area (Å²) < 4.78 is 38.3. The third kappa shape index (κ3) is 5.47. The molecule has 4 aromatic rings. The average molecular weight is 590 g/mol. The van der Waals surface area contributed by atoms with Crippen molar-refractivity contribution in [2.45, 2.75) is 76.0 Å². The Morgan fingerprint density at radius 3 is 2.53 bits per heavy atom.